The van der Waals surface area contributed by atoms with Gasteiger partial charge in [-0.25, -0.2) is 4.57 Å². The van der Waals surface area contributed by atoms with Gasteiger partial charge in [-0.1, -0.05) is 202 Å². The molecule has 10 heteroatoms. The van der Waals surface area contributed by atoms with E-state index in [9.17, 15) is 19.0 Å². The number of carbonyl (C=O) groups excluding carboxylic acids is 2. The second-order valence-corrected chi connectivity index (χ2v) is 18.5. The molecule has 0 rings (SSSR count). The quantitative estimate of drug-likeness (QED) is 0.0265. The van der Waals surface area contributed by atoms with Crippen molar-refractivity contribution in [2.24, 2.45) is 5.73 Å². The molecule has 0 aromatic rings. The zero-order valence-corrected chi connectivity index (χ0v) is 42.3. The summed E-state index contributed by atoms with van der Waals surface area (Å²) in [5.41, 5.74) is 5.37. The average molecular weight is 930 g/mol. The highest BCUT2D eigenvalue weighted by molar-refractivity contribution is 7.47. The first-order chi connectivity index (χ1) is 31.8. The van der Waals surface area contributed by atoms with E-state index in [1.54, 1.807) is 0 Å². The molecule has 2 atom stereocenters. The zero-order valence-electron chi connectivity index (χ0n) is 41.4. The number of ether oxygens (including phenoxy) is 2. The third kappa shape index (κ3) is 50.4. The van der Waals surface area contributed by atoms with Gasteiger partial charge in [0.2, 0.25) is 0 Å². The van der Waals surface area contributed by atoms with Crippen LogP contribution in [0, 0.1) is 0 Å². The summed E-state index contributed by atoms with van der Waals surface area (Å²) < 4.78 is 32.9. The van der Waals surface area contributed by atoms with Gasteiger partial charge in [-0.3, -0.25) is 18.6 Å². The molecule has 0 saturated heterocycles. The van der Waals surface area contributed by atoms with Gasteiger partial charge < -0.3 is 20.1 Å². The molecule has 0 amide bonds. The van der Waals surface area contributed by atoms with Crippen LogP contribution in [0.5, 0.6) is 0 Å². The summed E-state index contributed by atoms with van der Waals surface area (Å²) in [6.07, 6.45) is 64.8. The highest BCUT2D eigenvalue weighted by atomic mass is 31.2. The summed E-state index contributed by atoms with van der Waals surface area (Å²) in [7, 11) is -4.40. The smallest absolute Gasteiger partial charge is 0.462 e. The number of nitrogens with two attached hydrogens (primary N) is 1. The lowest BCUT2D eigenvalue weighted by Gasteiger charge is -2.19. The first-order valence-electron chi connectivity index (χ1n) is 26.1. The standard InChI is InChI=1S/C55H96NO8P/c1-3-5-7-9-11-13-15-17-19-21-23-25-26-28-30-32-34-36-38-40-42-44-46-48-55(58)64-53(52-63-65(59,60)62-50-49-56)51-61-54(57)47-45-43-41-39-37-35-33-31-29-27-24-22-20-18-16-14-12-10-8-6-4-2/h5,7,11,13,17,19,22-25,28,30,34,36,53H,3-4,6,8-10,12,14-16,18,20-21,26-27,29,31-33,35,37-52,56H2,1-2H3,(H,59,60)/b7-5-,13-11-,19-17-,24-22-,25-23-,30-28-,36-34-. The summed E-state index contributed by atoms with van der Waals surface area (Å²) in [6.45, 7) is 3.60. The molecule has 0 saturated carbocycles. The van der Waals surface area contributed by atoms with Gasteiger partial charge in [-0.05, 0) is 89.9 Å². The first-order valence-corrected chi connectivity index (χ1v) is 27.6. The molecule has 9 nitrogen and oxygen atoms in total. The average Bonchev–Trinajstić information content (AvgIpc) is 3.30. The molecule has 0 bridgehead atoms. The summed E-state index contributed by atoms with van der Waals surface area (Å²) in [5.74, 6) is -0.861. The van der Waals surface area contributed by atoms with Gasteiger partial charge in [-0.15, -0.1) is 0 Å². The Morgan fingerprint density at radius 1 is 0.477 bits per heavy atom. The molecule has 0 aromatic carbocycles. The third-order valence-electron chi connectivity index (χ3n) is 10.8. The van der Waals surface area contributed by atoms with Crippen molar-refractivity contribution in [2.45, 2.75) is 225 Å². The summed E-state index contributed by atoms with van der Waals surface area (Å²) in [4.78, 5) is 35.1. The molecule has 374 valence electrons. The Bertz CT molecular complexity index is 1340. The van der Waals surface area contributed by atoms with Crippen molar-refractivity contribution in [2.75, 3.05) is 26.4 Å². The highest BCUT2D eigenvalue weighted by Gasteiger charge is 2.26. The second kappa shape index (κ2) is 50.6. The molecule has 0 heterocycles. The van der Waals surface area contributed by atoms with Crippen molar-refractivity contribution in [1.82, 2.24) is 0 Å². The third-order valence-corrected chi connectivity index (χ3v) is 11.7. The number of hydrogen-bond acceptors (Lipinski definition) is 8. The van der Waals surface area contributed by atoms with E-state index in [4.69, 9.17) is 24.3 Å². The van der Waals surface area contributed by atoms with Gasteiger partial charge in [0.05, 0.1) is 13.2 Å². The van der Waals surface area contributed by atoms with Crippen LogP contribution in [0.4, 0.5) is 0 Å². The van der Waals surface area contributed by atoms with Crippen molar-refractivity contribution in [3.63, 3.8) is 0 Å². The minimum Gasteiger partial charge on any atom is -0.462 e. The Labute approximate surface area is 398 Å². The predicted molar refractivity (Wildman–Crippen MR) is 275 cm³/mol. The van der Waals surface area contributed by atoms with Crippen LogP contribution >= 0.6 is 7.82 Å². The van der Waals surface area contributed by atoms with Crippen LogP contribution in [-0.2, 0) is 32.7 Å². The minimum absolute atomic E-state index is 0.0445. The van der Waals surface area contributed by atoms with Gasteiger partial charge in [-0.2, -0.15) is 0 Å². The van der Waals surface area contributed by atoms with Crippen molar-refractivity contribution in [3.05, 3.63) is 85.1 Å². The van der Waals surface area contributed by atoms with Gasteiger partial charge in [0.25, 0.3) is 0 Å². The van der Waals surface area contributed by atoms with E-state index in [0.717, 1.165) is 83.5 Å². The molecule has 0 aliphatic rings. The van der Waals surface area contributed by atoms with Gasteiger partial charge in [0, 0.05) is 19.4 Å². The molecular weight excluding hydrogens is 834 g/mol. The summed E-state index contributed by atoms with van der Waals surface area (Å²) >= 11 is 0. The molecule has 0 aliphatic heterocycles. The normalized spacial score (nSPS) is 13.8. The van der Waals surface area contributed by atoms with Crippen LogP contribution in [0.1, 0.15) is 219 Å². The Balaban J connectivity index is 4.12. The zero-order chi connectivity index (χ0) is 47.4. The topological polar surface area (TPSA) is 134 Å². The number of hydrogen-bond donors (Lipinski definition) is 2. The molecule has 0 aromatic heterocycles. The monoisotopic (exact) mass is 930 g/mol. The molecule has 0 fully saturated rings. The lowest BCUT2D eigenvalue weighted by Crippen LogP contribution is -2.29. The van der Waals surface area contributed by atoms with Crippen LogP contribution in [0.3, 0.4) is 0 Å². The fourth-order valence-electron chi connectivity index (χ4n) is 6.93. The molecule has 3 N–H and O–H groups in total. The number of allylic oxidation sites excluding steroid dienone is 14. The van der Waals surface area contributed by atoms with Crippen LogP contribution in [0.15, 0.2) is 85.1 Å². The van der Waals surface area contributed by atoms with E-state index >= 15 is 0 Å². The Morgan fingerprint density at radius 3 is 1.28 bits per heavy atom. The van der Waals surface area contributed by atoms with Crippen molar-refractivity contribution in [3.8, 4) is 0 Å². The molecule has 0 radical (unpaired) electrons. The van der Waals surface area contributed by atoms with Gasteiger partial charge in [0.1, 0.15) is 6.61 Å². The lowest BCUT2D eigenvalue weighted by atomic mass is 10.1. The summed E-state index contributed by atoms with van der Waals surface area (Å²) in [6, 6.07) is 0. The largest absolute Gasteiger partial charge is 0.472 e. The number of carbonyl (C=O) groups is 2. The number of esters is 2. The molecule has 0 spiro atoms. The highest BCUT2D eigenvalue weighted by Crippen LogP contribution is 2.43. The van der Waals surface area contributed by atoms with E-state index in [0.29, 0.717) is 6.42 Å². The van der Waals surface area contributed by atoms with Crippen LogP contribution in [0.25, 0.3) is 0 Å². The maximum absolute atomic E-state index is 12.7. The maximum Gasteiger partial charge on any atom is 0.472 e. The Morgan fingerprint density at radius 2 is 0.846 bits per heavy atom. The van der Waals surface area contributed by atoms with Crippen molar-refractivity contribution < 1.29 is 37.6 Å². The van der Waals surface area contributed by atoms with Gasteiger partial charge in [0.15, 0.2) is 6.10 Å². The summed E-state index contributed by atoms with van der Waals surface area (Å²) in [5, 5.41) is 0. The Kier molecular flexibility index (Phi) is 48.4. The van der Waals surface area contributed by atoms with Crippen molar-refractivity contribution >= 4 is 19.8 Å². The fraction of sp³-hybridized carbons (Fsp3) is 0.709. The van der Waals surface area contributed by atoms with E-state index < -0.39 is 32.5 Å². The first kappa shape index (κ1) is 62.2. The van der Waals surface area contributed by atoms with Crippen LogP contribution < -0.4 is 5.73 Å². The predicted octanol–water partition coefficient (Wildman–Crippen LogP) is 16.0. The van der Waals surface area contributed by atoms with E-state index in [-0.39, 0.29) is 32.6 Å². The molecule has 2 unspecified atom stereocenters. The van der Waals surface area contributed by atoms with Gasteiger partial charge >= 0.3 is 19.8 Å². The molecule has 65 heavy (non-hydrogen) atoms. The number of phosphoric acid groups is 1. The number of phosphoric ester groups is 1. The van der Waals surface area contributed by atoms with E-state index in [2.05, 4.69) is 98.9 Å². The van der Waals surface area contributed by atoms with Crippen molar-refractivity contribution in [1.29, 1.82) is 0 Å². The molecular formula is C55H96NO8P. The number of unbranched alkanes of at least 4 members (excludes halogenated alkanes) is 21. The van der Waals surface area contributed by atoms with E-state index in [1.807, 2.05) is 0 Å². The number of rotatable bonds is 48. The Hall–Kier alpha value is -2.81. The maximum atomic E-state index is 12.7. The van der Waals surface area contributed by atoms with Crippen LogP contribution in [-0.4, -0.2) is 49.3 Å². The second-order valence-electron chi connectivity index (χ2n) is 17.0. The SMILES string of the molecule is CC/C=C\C/C=C\C/C=C\C/C=C\C/C=C\C/C=C\CCCCCCC(=O)OC(COC(=O)CCCCCCCCCCC/C=C\CCCCCCCCCC)COP(=O)(O)OCCN. The molecule has 0 aliphatic carbocycles. The lowest BCUT2D eigenvalue weighted by molar-refractivity contribution is -0.161. The van der Waals surface area contributed by atoms with E-state index in [1.165, 1.54) is 103 Å². The minimum atomic E-state index is -4.40. The van der Waals surface area contributed by atoms with Crippen LogP contribution in [0.2, 0.25) is 0 Å². The fourth-order valence-corrected chi connectivity index (χ4v) is 7.69.